The summed E-state index contributed by atoms with van der Waals surface area (Å²) in [4.78, 5) is 17.2. The van der Waals surface area contributed by atoms with Gasteiger partial charge < -0.3 is 9.47 Å². The van der Waals surface area contributed by atoms with E-state index in [1.807, 2.05) is 60.7 Å². The van der Waals surface area contributed by atoms with E-state index in [0.29, 0.717) is 12.2 Å². The van der Waals surface area contributed by atoms with Crippen LogP contribution in [0, 0.1) is 0 Å². The highest BCUT2D eigenvalue weighted by atomic mass is 32.1. The Morgan fingerprint density at radius 1 is 0.886 bits per heavy atom. The van der Waals surface area contributed by atoms with Crippen LogP contribution in [0.1, 0.15) is 41.6 Å². The molecule has 5 heteroatoms. The fourth-order valence-corrected chi connectivity index (χ4v) is 5.96. The van der Waals surface area contributed by atoms with Crippen LogP contribution in [-0.2, 0) is 0 Å². The first-order chi connectivity index (χ1) is 17.2. The second-order valence-electron chi connectivity index (χ2n) is 8.99. The van der Waals surface area contributed by atoms with Gasteiger partial charge in [-0.15, -0.1) is 11.3 Å². The van der Waals surface area contributed by atoms with Gasteiger partial charge in [-0.2, -0.15) is 0 Å². The molecule has 0 bridgehead atoms. The fourth-order valence-electron chi connectivity index (χ4n) is 4.72. The minimum absolute atomic E-state index is 0.0244. The third-order valence-corrected chi connectivity index (χ3v) is 7.85. The zero-order valence-corrected chi connectivity index (χ0v) is 21.0. The van der Waals surface area contributed by atoms with Gasteiger partial charge in [0.1, 0.15) is 18.1 Å². The Kier molecular flexibility index (Phi) is 7.45. The van der Waals surface area contributed by atoms with Crippen LogP contribution < -0.4 is 9.47 Å². The third kappa shape index (κ3) is 5.42. The minimum Gasteiger partial charge on any atom is -0.497 e. The molecule has 1 aromatic heterocycles. The maximum atomic E-state index is 13.8. The molecule has 35 heavy (non-hydrogen) atoms. The number of carbonyl (C=O) groups excluding carboxylic acids is 1. The van der Waals surface area contributed by atoms with E-state index in [2.05, 4.69) is 17.0 Å². The summed E-state index contributed by atoms with van der Waals surface area (Å²) < 4.78 is 12.5. The standard InChI is InChI=1S/C30H31NO3S/c1-33-25-15-16-26-27(21-25)35-30(23-9-5-4-6-10-23)28(26)29(32)22-11-13-24(14-12-22)34-20-19-31-17-7-2-3-8-18-31/h4-6,9-16,21H,2-3,7-8,17-20H2,1H3. The average molecular weight is 486 g/mol. The number of carbonyl (C=O) groups is 1. The highest BCUT2D eigenvalue weighted by molar-refractivity contribution is 7.22. The summed E-state index contributed by atoms with van der Waals surface area (Å²) in [5.41, 5.74) is 2.45. The molecule has 4 aromatic rings. The molecular weight excluding hydrogens is 454 g/mol. The van der Waals surface area contributed by atoms with Gasteiger partial charge in [-0.3, -0.25) is 9.69 Å². The van der Waals surface area contributed by atoms with Crippen molar-refractivity contribution in [3.8, 4) is 21.9 Å². The van der Waals surface area contributed by atoms with E-state index in [1.165, 1.54) is 38.8 Å². The van der Waals surface area contributed by atoms with E-state index >= 15 is 0 Å². The van der Waals surface area contributed by atoms with Crippen molar-refractivity contribution in [1.29, 1.82) is 0 Å². The number of nitrogens with zero attached hydrogens (tertiary/aromatic N) is 1. The Bertz CT molecular complexity index is 1270. The molecule has 1 aliphatic rings. The van der Waals surface area contributed by atoms with Gasteiger partial charge in [0.15, 0.2) is 5.78 Å². The molecule has 0 spiro atoms. The van der Waals surface area contributed by atoms with Crippen LogP contribution in [0.2, 0.25) is 0 Å². The van der Waals surface area contributed by atoms with Crippen LogP contribution in [-0.4, -0.2) is 44.0 Å². The summed E-state index contributed by atoms with van der Waals surface area (Å²) in [7, 11) is 1.66. The van der Waals surface area contributed by atoms with E-state index in [9.17, 15) is 4.79 Å². The predicted octanol–water partition coefficient (Wildman–Crippen LogP) is 7.06. The molecule has 1 aliphatic heterocycles. The smallest absolute Gasteiger partial charge is 0.195 e. The molecule has 0 N–H and O–H groups in total. The molecule has 1 fully saturated rings. The number of ketones is 1. The Hall–Kier alpha value is -3.15. The zero-order chi connectivity index (χ0) is 24.0. The number of ether oxygens (including phenoxy) is 2. The number of hydrogen-bond donors (Lipinski definition) is 0. The monoisotopic (exact) mass is 485 g/mol. The highest BCUT2D eigenvalue weighted by Crippen LogP contribution is 2.41. The van der Waals surface area contributed by atoms with Crippen molar-refractivity contribution in [3.63, 3.8) is 0 Å². The summed E-state index contributed by atoms with van der Waals surface area (Å²) in [5, 5.41) is 0.956. The number of likely N-dealkylation sites (tertiary alicyclic amines) is 1. The number of methoxy groups -OCH3 is 1. The number of rotatable bonds is 8. The van der Waals surface area contributed by atoms with E-state index in [4.69, 9.17) is 9.47 Å². The van der Waals surface area contributed by atoms with Crippen molar-refractivity contribution in [3.05, 3.63) is 83.9 Å². The van der Waals surface area contributed by atoms with Crippen molar-refractivity contribution in [2.24, 2.45) is 0 Å². The van der Waals surface area contributed by atoms with Crippen LogP contribution in [0.3, 0.4) is 0 Å². The molecule has 1 saturated heterocycles. The molecular formula is C30H31NO3S. The SMILES string of the molecule is COc1ccc2c(C(=O)c3ccc(OCCN4CCCCCC4)cc3)c(-c3ccccc3)sc2c1. The first-order valence-electron chi connectivity index (χ1n) is 12.4. The van der Waals surface area contributed by atoms with Crippen molar-refractivity contribution >= 4 is 27.2 Å². The molecule has 0 atom stereocenters. The molecule has 180 valence electrons. The van der Waals surface area contributed by atoms with Crippen LogP contribution in [0.15, 0.2) is 72.8 Å². The van der Waals surface area contributed by atoms with Crippen molar-refractivity contribution in [2.45, 2.75) is 25.7 Å². The molecule has 2 heterocycles. The van der Waals surface area contributed by atoms with Crippen LogP contribution in [0.25, 0.3) is 20.5 Å². The summed E-state index contributed by atoms with van der Waals surface area (Å²) in [6.07, 6.45) is 5.25. The first kappa shape index (κ1) is 23.6. The Morgan fingerprint density at radius 2 is 1.60 bits per heavy atom. The van der Waals surface area contributed by atoms with Crippen LogP contribution in [0.4, 0.5) is 0 Å². The number of fused-ring (bicyclic) bond motifs is 1. The van der Waals surface area contributed by atoms with Gasteiger partial charge in [0.2, 0.25) is 0 Å². The average Bonchev–Trinajstić information content (AvgIpc) is 3.09. The molecule has 0 unspecified atom stereocenters. The molecule has 0 amide bonds. The van der Waals surface area contributed by atoms with Gasteiger partial charge in [-0.25, -0.2) is 0 Å². The lowest BCUT2D eigenvalue weighted by Crippen LogP contribution is -2.29. The van der Waals surface area contributed by atoms with E-state index in [0.717, 1.165) is 44.1 Å². The van der Waals surface area contributed by atoms with Gasteiger partial charge in [0.05, 0.1) is 7.11 Å². The summed E-state index contributed by atoms with van der Waals surface area (Å²) in [6, 6.07) is 23.6. The Morgan fingerprint density at radius 3 is 2.31 bits per heavy atom. The molecule has 4 nitrogen and oxygen atoms in total. The van der Waals surface area contributed by atoms with Gasteiger partial charge >= 0.3 is 0 Å². The normalized spacial score (nSPS) is 14.5. The second kappa shape index (κ2) is 11.1. The lowest BCUT2D eigenvalue weighted by molar-refractivity contribution is 0.104. The van der Waals surface area contributed by atoms with E-state index in [-0.39, 0.29) is 5.78 Å². The highest BCUT2D eigenvalue weighted by Gasteiger charge is 2.22. The number of thiophene rings is 1. The molecule has 0 saturated carbocycles. The van der Waals surface area contributed by atoms with Crippen molar-refractivity contribution < 1.29 is 14.3 Å². The Labute approximate surface area is 211 Å². The minimum atomic E-state index is 0.0244. The third-order valence-electron chi connectivity index (χ3n) is 6.65. The van der Waals surface area contributed by atoms with Gasteiger partial charge in [0.25, 0.3) is 0 Å². The predicted molar refractivity (Wildman–Crippen MR) is 144 cm³/mol. The number of benzene rings is 3. The molecule has 3 aromatic carbocycles. The first-order valence-corrected chi connectivity index (χ1v) is 13.2. The Balaban J connectivity index is 1.36. The van der Waals surface area contributed by atoms with Crippen molar-refractivity contribution in [2.75, 3.05) is 33.4 Å². The van der Waals surface area contributed by atoms with E-state index < -0.39 is 0 Å². The maximum absolute atomic E-state index is 13.8. The lowest BCUT2D eigenvalue weighted by atomic mass is 9.97. The molecule has 0 aliphatic carbocycles. The topological polar surface area (TPSA) is 38.8 Å². The van der Waals surface area contributed by atoms with Crippen molar-refractivity contribution in [1.82, 2.24) is 4.90 Å². The second-order valence-corrected chi connectivity index (χ2v) is 10.0. The summed E-state index contributed by atoms with van der Waals surface area (Å²) in [5.74, 6) is 1.62. The zero-order valence-electron chi connectivity index (χ0n) is 20.2. The van der Waals surface area contributed by atoms with Gasteiger partial charge in [-0.05, 0) is 74.0 Å². The maximum Gasteiger partial charge on any atom is 0.195 e. The lowest BCUT2D eigenvalue weighted by Gasteiger charge is -2.19. The molecule has 5 rings (SSSR count). The fraction of sp³-hybridized carbons (Fsp3) is 0.300. The largest absolute Gasteiger partial charge is 0.497 e. The molecule has 0 radical (unpaired) electrons. The van der Waals surface area contributed by atoms with Crippen LogP contribution in [0.5, 0.6) is 11.5 Å². The van der Waals surface area contributed by atoms with Gasteiger partial charge in [0, 0.05) is 32.6 Å². The van der Waals surface area contributed by atoms with Crippen LogP contribution >= 0.6 is 11.3 Å². The van der Waals surface area contributed by atoms with Gasteiger partial charge in [-0.1, -0.05) is 43.2 Å². The number of hydrogen-bond acceptors (Lipinski definition) is 5. The quantitative estimate of drug-likeness (QED) is 0.250. The summed E-state index contributed by atoms with van der Waals surface area (Å²) in [6.45, 7) is 3.95. The summed E-state index contributed by atoms with van der Waals surface area (Å²) >= 11 is 1.63. The van der Waals surface area contributed by atoms with E-state index in [1.54, 1.807) is 18.4 Å².